The average molecular weight is 357 g/mol. The van der Waals surface area contributed by atoms with Crippen LogP contribution in [0.1, 0.15) is 12.0 Å². The van der Waals surface area contributed by atoms with Crippen molar-refractivity contribution in [2.24, 2.45) is 0 Å². The van der Waals surface area contributed by atoms with Gasteiger partial charge in [0.1, 0.15) is 5.15 Å². The average Bonchev–Trinajstić information content (AvgIpc) is 2.38. The predicted molar refractivity (Wildman–Crippen MR) is 73.9 cm³/mol. The lowest BCUT2D eigenvalue weighted by Crippen LogP contribution is -3.00. The van der Waals surface area contributed by atoms with E-state index in [-0.39, 0.29) is 22.9 Å². The van der Waals surface area contributed by atoms with Crippen LogP contribution in [0.25, 0.3) is 0 Å². The van der Waals surface area contributed by atoms with Gasteiger partial charge in [-0.25, -0.2) is 9.55 Å². The molecule has 0 bridgehead atoms. The predicted octanol–water partition coefficient (Wildman–Crippen LogP) is -0.636. The minimum absolute atomic E-state index is 0. The summed E-state index contributed by atoms with van der Waals surface area (Å²) < 4.78 is 1.98. The van der Waals surface area contributed by atoms with Gasteiger partial charge in [-0.3, -0.25) is 4.79 Å². The number of nitrogens with one attached hydrogen (secondary N) is 1. The monoisotopic (exact) mass is 355 g/mol. The molecule has 0 atom stereocenters. The molecule has 2 rings (SSSR count). The van der Waals surface area contributed by atoms with Crippen LogP contribution < -0.4 is 26.9 Å². The molecule has 2 heterocycles. The number of amides is 1. The van der Waals surface area contributed by atoms with E-state index in [4.69, 9.17) is 11.6 Å². The number of hydrogen-bond acceptors (Lipinski definition) is 2. The molecule has 1 N–H and O–H groups in total. The number of carbonyl (C=O) groups is 1. The summed E-state index contributed by atoms with van der Waals surface area (Å²) in [5.41, 5.74) is 1.87. The number of aromatic nitrogens is 2. The van der Waals surface area contributed by atoms with Crippen LogP contribution in [-0.2, 0) is 11.3 Å². The summed E-state index contributed by atoms with van der Waals surface area (Å²) in [5.74, 6) is -0.0460. The molecule has 2 aromatic heterocycles. The van der Waals surface area contributed by atoms with Crippen molar-refractivity contribution < 1.29 is 26.3 Å². The molecule has 6 heteroatoms. The van der Waals surface area contributed by atoms with Gasteiger partial charge in [-0.05, 0) is 24.6 Å². The van der Waals surface area contributed by atoms with Gasteiger partial charge < -0.3 is 22.3 Å². The molecule has 0 radical (unpaired) electrons. The molecule has 1 amide bonds. The van der Waals surface area contributed by atoms with Crippen molar-refractivity contribution >= 4 is 23.2 Å². The Labute approximate surface area is 133 Å². The van der Waals surface area contributed by atoms with Crippen LogP contribution in [0, 0.1) is 6.92 Å². The zero-order valence-electron chi connectivity index (χ0n) is 11.0. The number of anilines is 1. The molecule has 0 spiro atoms. The Balaban J connectivity index is 0.00000200. The molecule has 4 nitrogen and oxygen atoms in total. The van der Waals surface area contributed by atoms with Crippen molar-refractivity contribution in [3.05, 3.63) is 53.6 Å². The van der Waals surface area contributed by atoms with Crippen LogP contribution in [0.2, 0.25) is 5.15 Å². The van der Waals surface area contributed by atoms with Gasteiger partial charge in [0.15, 0.2) is 18.9 Å². The third-order valence-electron chi connectivity index (χ3n) is 2.67. The number of rotatable bonds is 4. The molecule has 106 valence electrons. The molecule has 20 heavy (non-hydrogen) atoms. The Morgan fingerprint density at radius 2 is 2.05 bits per heavy atom. The lowest BCUT2D eigenvalue weighted by molar-refractivity contribution is -0.695. The Morgan fingerprint density at radius 1 is 1.35 bits per heavy atom. The standard InChI is InChI=1S/C14H14ClN3O.BrH/c1-11-3-7-18(8-4-11)9-5-14(19)17-12-2-6-16-13(15)10-12;/h2-4,6-8,10H,5,9H2,1H3;1H. The first-order valence-electron chi connectivity index (χ1n) is 6.00. The van der Waals surface area contributed by atoms with Gasteiger partial charge in [0.2, 0.25) is 5.91 Å². The third kappa shape index (κ3) is 5.27. The summed E-state index contributed by atoms with van der Waals surface area (Å²) >= 11 is 5.75. The first-order valence-corrected chi connectivity index (χ1v) is 6.38. The zero-order valence-corrected chi connectivity index (χ0v) is 13.4. The van der Waals surface area contributed by atoms with Crippen molar-refractivity contribution in [2.45, 2.75) is 19.9 Å². The van der Waals surface area contributed by atoms with Gasteiger partial charge in [0.05, 0.1) is 6.42 Å². The smallest absolute Gasteiger partial charge is 0.230 e. The van der Waals surface area contributed by atoms with E-state index in [0.717, 1.165) is 0 Å². The molecular weight excluding hydrogens is 342 g/mol. The van der Waals surface area contributed by atoms with E-state index in [1.54, 1.807) is 18.3 Å². The van der Waals surface area contributed by atoms with Crippen LogP contribution in [0.5, 0.6) is 0 Å². The van der Waals surface area contributed by atoms with Crippen molar-refractivity contribution in [1.29, 1.82) is 0 Å². The maximum atomic E-state index is 11.8. The highest BCUT2D eigenvalue weighted by molar-refractivity contribution is 6.29. The van der Waals surface area contributed by atoms with Crippen LogP contribution in [-0.4, -0.2) is 10.9 Å². The number of halogens is 2. The lowest BCUT2D eigenvalue weighted by atomic mass is 10.3. The molecule has 0 aliphatic carbocycles. The minimum atomic E-state index is -0.0460. The SMILES string of the molecule is Cc1cc[n+](CCC(=O)Nc2ccnc(Cl)c2)cc1.[Br-]. The molecule has 0 fully saturated rings. The van der Waals surface area contributed by atoms with Crippen molar-refractivity contribution in [3.8, 4) is 0 Å². The fourth-order valence-electron chi connectivity index (χ4n) is 1.62. The second-order valence-electron chi connectivity index (χ2n) is 4.28. The summed E-state index contributed by atoms with van der Waals surface area (Å²) in [5, 5.41) is 3.15. The number of carbonyl (C=O) groups excluding carboxylic acids is 1. The van der Waals surface area contributed by atoms with Crippen LogP contribution in [0.15, 0.2) is 42.9 Å². The summed E-state index contributed by atoms with van der Waals surface area (Å²) in [4.78, 5) is 15.6. The summed E-state index contributed by atoms with van der Waals surface area (Å²) in [6.07, 6.45) is 5.90. The normalized spacial score (nSPS) is 9.70. The van der Waals surface area contributed by atoms with Gasteiger partial charge in [-0.15, -0.1) is 0 Å². The molecule has 2 aromatic rings. The quantitative estimate of drug-likeness (QED) is 0.585. The fourth-order valence-corrected chi connectivity index (χ4v) is 1.79. The van der Waals surface area contributed by atoms with Crippen LogP contribution in [0.3, 0.4) is 0 Å². The Bertz CT molecular complexity index is 575. The lowest BCUT2D eigenvalue weighted by Gasteiger charge is -2.03. The highest BCUT2D eigenvalue weighted by atomic mass is 79.9. The first kappa shape index (κ1) is 16.6. The molecular formula is C14H15BrClN3O. The van der Waals surface area contributed by atoms with E-state index in [1.165, 1.54) is 5.56 Å². The molecule has 0 unspecified atom stereocenters. The van der Waals surface area contributed by atoms with Gasteiger partial charge in [0.25, 0.3) is 0 Å². The zero-order chi connectivity index (χ0) is 13.7. The van der Waals surface area contributed by atoms with Crippen molar-refractivity contribution in [3.63, 3.8) is 0 Å². The van der Waals surface area contributed by atoms with Crippen molar-refractivity contribution in [2.75, 3.05) is 5.32 Å². The second kappa shape index (κ2) is 7.97. The summed E-state index contributed by atoms with van der Waals surface area (Å²) in [6.45, 7) is 2.68. The Morgan fingerprint density at radius 3 is 2.70 bits per heavy atom. The minimum Gasteiger partial charge on any atom is -1.00 e. The highest BCUT2D eigenvalue weighted by Gasteiger charge is 2.07. The number of aryl methyl sites for hydroxylation is 2. The van der Waals surface area contributed by atoms with Crippen molar-refractivity contribution in [1.82, 2.24) is 4.98 Å². The Kier molecular flexibility index (Phi) is 6.61. The number of nitrogens with zero attached hydrogens (tertiary/aromatic N) is 2. The second-order valence-corrected chi connectivity index (χ2v) is 4.67. The number of hydrogen-bond donors (Lipinski definition) is 1. The van der Waals surface area contributed by atoms with Gasteiger partial charge in [0, 0.05) is 24.0 Å². The highest BCUT2D eigenvalue weighted by Crippen LogP contribution is 2.11. The number of pyridine rings is 2. The molecule has 0 saturated carbocycles. The molecule has 0 aliphatic rings. The van der Waals surface area contributed by atoms with E-state index >= 15 is 0 Å². The van der Waals surface area contributed by atoms with Gasteiger partial charge in [-0.1, -0.05) is 11.6 Å². The molecule has 0 saturated heterocycles. The maximum absolute atomic E-state index is 11.8. The first-order chi connectivity index (χ1) is 9.13. The van der Waals surface area contributed by atoms with E-state index in [0.29, 0.717) is 23.8 Å². The topological polar surface area (TPSA) is 45.9 Å². The van der Waals surface area contributed by atoms with Crippen LogP contribution in [0.4, 0.5) is 5.69 Å². The fraction of sp³-hybridized carbons (Fsp3) is 0.214. The molecule has 0 aliphatic heterocycles. The summed E-state index contributed by atoms with van der Waals surface area (Å²) in [6, 6.07) is 7.36. The van der Waals surface area contributed by atoms with E-state index < -0.39 is 0 Å². The Hall–Kier alpha value is -1.46. The maximum Gasteiger partial charge on any atom is 0.230 e. The van der Waals surface area contributed by atoms with Gasteiger partial charge in [-0.2, -0.15) is 0 Å². The molecule has 0 aromatic carbocycles. The largest absolute Gasteiger partial charge is 1.00 e. The van der Waals surface area contributed by atoms with Crippen LogP contribution >= 0.6 is 11.6 Å². The summed E-state index contributed by atoms with van der Waals surface area (Å²) in [7, 11) is 0. The van der Waals surface area contributed by atoms with E-state index in [2.05, 4.69) is 10.3 Å². The van der Waals surface area contributed by atoms with Gasteiger partial charge >= 0.3 is 0 Å². The third-order valence-corrected chi connectivity index (χ3v) is 2.87. The van der Waals surface area contributed by atoms with E-state index in [1.807, 2.05) is 36.0 Å². The van der Waals surface area contributed by atoms with E-state index in [9.17, 15) is 4.79 Å².